The second-order valence-corrected chi connectivity index (χ2v) is 7.86. The topological polar surface area (TPSA) is 66.5 Å². The lowest BCUT2D eigenvalue weighted by Crippen LogP contribution is -2.46. The standard InChI is InChI=1S/C15H20N2O3S/c1-12-4-2-3-5-13(12)21(19,20)17-10-7-15(8-11-17)6-9-16-14(15)18/h2-5H,6-11H2,1H3,(H,16,18). The molecule has 2 saturated heterocycles. The van der Waals surface area contributed by atoms with E-state index in [0.717, 1.165) is 12.0 Å². The maximum atomic E-state index is 12.7. The number of sulfonamides is 1. The first-order valence-corrected chi connectivity index (χ1v) is 8.74. The summed E-state index contributed by atoms with van der Waals surface area (Å²) >= 11 is 0. The maximum Gasteiger partial charge on any atom is 0.243 e. The summed E-state index contributed by atoms with van der Waals surface area (Å²) < 4.78 is 27.0. The number of benzene rings is 1. The lowest BCUT2D eigenvalue weighted by molar-refractivity contribution is -0.129. The quantitative estimate of drug-likeness (QED) is 0.895. The van der Waals surface area contributed by atoms with E-state index in [-0.39, 0.29) is 11.3 Å². The van der Waals surface area contributed by atoms with Gasteiger partial charge >= 0.3 is 0 Å². The molecule has 0 aliphatic carbocycles. The summed E-state index contributed by atoms with van der Waals surface area (Å²) in [4.78, 5) is 12.3. The van der Waals surface area contributed by atoms with Crippen molar-refractivity contribution in [3.63, 3.8) is 0 Å². The van der Waals surface area contributed by atoms with Crippen LogP contribution in [0.2, 0.25) is 0 Å². The van der Waals surface area contributed by atoms with E-state index in [4.69, 9.17) is 0 Å². The van der Waals surface area contributed by atoms with E-state index < -0.39 is 10.0 Å². The second kappa shape index (κ2) is 5.10. The van der Waals surface area contributed by atoms with Crippen molar-refractivity contribution < 1.29 is 13.2 Å². The van der Waals surface area contributed by atoms with Gasteiger partial charge in [0.15, 0.2) is 0 Å². The molecule has 21 heavy (non-hydrogen) atoms. The lowest BCUT2D eigenvalue weighted by atomic mass is 9.78. The van der Waals surface area contributed by atoms with Gasteiger partial charge in [-0.1, -0.05) is 18.2 Å². The molecule has 0 aromatic heterocycles. The molecule has 1 aromatic carbocycles. The van der Waals surface area contributed by atoms with Gasteiger partial charge in [-0.15, -0.1) is 0 Å². The molecule has 3 rings (SSSR count). The van der Waals surface area contributed by atoms with Crippen molar-refractivity contribution >= 4 is 15.9 Å². The fourth-order valence-corrected chi connectivity index (χ4v) is 5.00. The number of carbonyl (C=O) groups excluding carboxylic acids is 1. The molecule has 0 saturated carbocycles. The van der Waals surface area contributed by atoms with Crippen LogP contribution >= 0.6 is 0 Å². The highest BCUT2D eigenvalue weighted by atomic mass is 32.2. The van der Waals surface area contributed by atoms with Crippen molar-refractivity contribution in [2.24, 2.45) is 5.41 Å². The first-order valence-electron chi connectivity index (χ1n) is 7.30. The summed E-state index contributed by atoms with van der Waals surface area (Å²) in [6.45, 7) is 3.36. The van der Waals surface area contributed by atoms with Gasteiger partial charge in [-0.25, -0.2) is 8.42 Å². The van der Waals surface area contributed by atoms with Crippen molar-refractivity contribution in [2.75, 3.05) is 19.6 Å². The Morgan fingerprint density at radius 3 is 2.38 bits per heavy atom. The molecule has 6 heteroatoms. The Labute approximate surface area is 125 Å². The monoisotopic (exact) mass is 308 g/mol. The Morgan fingerprint density at radius 2 is 1.81 bits per heavy atom. The number of carbonyl (C=O) groups is 1. The molecule has 0 unspecified atom stereocenters. The van der Waals surface area contributed by atoms with Crippen molar-refractivity contribution in [1.29, 1.82) is 0 Å². The fraction of sp³-hybridized carbons (Fsp3) is 0.533. The molecule has 0 atom stereocenters. The minimum Gasteiger partial charge on any atom is -0.356 e. The van der Waals surface area contributed by atoms with Crippen molar-refractivity contribution in [3.8, 4) is 0 Å². The van der Waals surface area contributed by atoms with Crippen molar-refractivity contribution in [2.45, 2.75) is 31.1 Å². The first kappa shape index (κ1) is 14.5. The molecule has 1 N–H and O–H groups in total. The molecular weight excluding hydrogens is 288 g/mol. The summed E-state index contributed by atoms with van der Waals surface area (Å²) in [6.07, 6.45) is 2.05. The van der Waals surface area contributed by atoms with Crippen LogP contribution in [0.4, 0.5) is 0 Å². The number of nitrogens with zero attached hydrogens (tertiary/aromatic N) is 1. The Balaban J connectivity index is 1.81. The zero-order chi connectivity index (χ0) is 15.1. The van der Waals surface area contributed by atoms with Gasteiger partial charge in [-0.05, 0) is 37.8 Å². The van der Waals surface area contributed by atoms with Gasteiger partial charge in [0.25, 0.3) is 0 Å². The number of aryl methyl sites for hydroxylation is 1. The highest BCUT2D eigenvalue weighted by Crippen LogP contribution is 2.39. The predicted molar refractivity (Wildman–Crippen MR) is 79.2 cm³/mol. The summed E-state index contributed by atoms with van der Waals surface area (Å²) in [5, 5.41) is 2.87. The highest BCUT2D eigenvalue weighted by Gasteiger charge is 2.46. The van der Waals surface area contributed by atoms with Crippen LogP contribution in [-0.4, -0.2) is 38.3 Å². The minimum atomic E-state index is -3.45. The SMILES string of the molecule is Cc1ccccc1S(=O)(=O)N1CCC2(CCNC2=O)CC1. The van der Waals surface area contributed by atoms with Crippen LogP contribution < -0.4 is 5.32 Å². The summed E-state index contributed by atoms with van der Waals surface area (Å²) in [7, 11) is -3.45. The van der Waals surface area contributed by atoms with Gasteiger partial charge < -0.3 is 5.32 Å². The second-order valence-electron chi connectivity index (χ2n) is 5.96. The van der Waals surface area contributed by atoms with Crippen LogP contribution in [-0.2, 0) is 14.8 Å². The average Bonchev–Trinajstić information content (AvgIpc) is 2.81. The van der Waals surface area contributed by atoms with E-state index >= 15 is 0 Å². The van der Waals surface area contributed by atoms with Gasteiger partial charge in [-0.2, -0.15) is 4.31 Å². The van der Waals surface area contributed by atoms with Gasteiger partial charge in [0.1, 0.15) is 0 Å². The van der Waals surface area contributed by atoms with E-state index in [1.807, 2.05) is 19.1 Å². The fourth-order valence-electron chi connectivity index (χ4n) is 3.33. The summed E-state index contributed by atoms with van der Waals surface area (Å²) in [6, 6.07) is 7.04. The number of hydrogen-bond donors (Lipinski definition) is 1. The average molecular weight is 308 g/mol. The van der Waals surface area contributed by atoms with E-state index in [1.54, 1.807) is 12.1 Å². The Hall–Kier alpha value is -1.40. The predicted octanol–water partition coefficient (Wildman–Crippen LogP) is 1.29. The molecule has 0 radical (unpaired) electrons. The molecular formula is C15H20N2O3S. The van der Waals surface area contributed by atoms with Crippen molar-refractivity contribution in [3.05, 3.63) is 29.8 Å². The maximum absolute atomic E-state index is 12.7. The molecule has 114 valence electrons. The molecule has 1 amide bonds. The van der Waals surface area contributed by atoms with E-state index in [1.165, 1.54) is 4.31 Å². The normalized spacial score (nSPS) is 22.4. The van der Waals surface area contributed by atoms with E-state index in [0.29, 0.717) is 37.4 Å². The molecule has 2 fully saturated rings. The van der Waals surface area contributed by atoms with Gasteiger partial charge in [0.2, 0.25) is 15.9 Å². The molecule has 2 heterocycles. The van der Waals surface area contributed by atoms with Crippen LogP contribution in [0.15, 0.2) is 29.2 Å². The summed E-state index contributed by atoms with van der Waals surface area (Å²) in [5.74, 6) is 0.0930. The number of hydrogen-bond acceptors (Lipinski definition) is 3. The molecule has 2 aliphatic rings. The van der Waals surface area contributed by atoms with Gasteiger partial charge in [-0.3, -0.25) is 4.79 Å². The van der Waals surface area contributed by atoms with Crippen molar-refractivity contribution in [1.82, 2.24) is 9.62 Å². The smallest absolute Gasteiger partial charge is 0.243 e. The summed E-state index contributed by atoms with van der Waals surface area (Å²) in [5.41, 5.74) is 0.425. The van der Waals surface area contributed by atoms with Crippen LogP contribution in [0, 0.1) is 12.3 Å². The molecule has 0 bridgehead atoms. The first-order chi connectivity index (χ1) is 9.96. The van der Waals surface area contributed by atoms with Crippen LogP contribution in [0.3, 0.4) is 0 Å². The zero-order valence-electron chi connectivity index (χ0n) is 12.1. The van der Waals surface area contributed by atoms with Crippen LogP contribution in [0.25, 0.3) is 0 Å². The van der Waals surface area contributed by atoms with Crippen LogP contribution in [0.1, 0.15) is 24.8 Å². The Morgan fingerprint density at radius 1 is 1.14 bits per heavy atom. The number of piperidine rings is 1. The molecule has 1 spiro atoms. The third kappa shape index (κ3) is 2.36. The molecule has 1 aromatic rings. The van der Waals surface area contributed by atoms with E-state index in [2.05, 4.69) is 5.32 Å². The van der Waals surface area contributed by atoms with Crippen LogP contribution in [0.5, 0.6) is 0 Å². The zero-order valence-corrected chi connectivity index (χ0v) is 12.9. The molecule has 2 aliphatic heterocycles. The largest absolute Gasteiger partial charge is 0.356 e. The minimum absolute atomic E-state index is 0.0930. The third-order valence-corrected chi connectivity index (χ3v) is 6.82. The third-order valence-electron chi connectivity index (χ3n) is 4.76. The van der Waals surface area contributed by atoms with Gasteiger partial charge in [0, 0.05) is 19.6 Å². The number of nitrogens with one attached hydrogen (secondary N) is 1. The van der Waals surface area contributed by atoms with E-state index in [9.17, 15) is 13.2 Å². The highest BCUT2D eigenvalue weighted by molar-refractivity contribution is 7.89. The number of amides is 1. The Bertz CT molecular complexity index is 661. The molecule has 5 nitrogen and oxygen atoms in total. The lowest BCUT2D eigenvalue weighted by Gasteiger charge is -2.36. The van der Waals surface area contributed by atoms with Gasteiger partial charge in [0.05, 0.1) is 10.3 Å². The Kier molecular flexibility index (Phi) is 3.53. The number of rotatable bonds is 2.